The van der Waals surface area contributed by atoms with E-state index in [9.17, 15) is 4.79 Å². The van der Waals surface area contributed by atoms with Crippen LogP contribution in [-0.4, -0.2) is 48.6 Å². The van der Waals surface area contributed by atoms with Crippen molar-refractivity contribution in [2.75, 3.05) is 26.7 Å². The first-order valence-electron chi connectivity index (χ1n) is 9.46. The van der Waals surface area contributed by atoms with Gasteiger partial charge in [-0.2, -0.15) is 0 Å². The number of pyridine rings is 1. The lowest BCUT2D eigenvalue weighted by molar-refractivity contribution is -0.126. The zero-order valence-electron chi connectivity index (χ0n) is 15.5. The Morgan fingerprint density at radius 3 is 2.78 bits per heavy atom. The zero-order valence-corrected chi connectivity index (χ0v) is 16.2. The SMILES string of the molecule is CN1CCC(C(=O)NCC2Cc3cc(Cl)cc(-c4ccncc4)c3O2)CC1. The molecule has 2 aliphatic rings. The minimum Gasteiger partial charge on any atom is -0.487 e. The van der Waals surface area contributed by atoms with Gasteiger partial charge in [-0.1, -0.05) is 11.6 Å². The van der Waals surface area contributed by atoms with E-state index < -0.39 is 0 Å². The molecule has 1 amide bonds. The second kappa shape index (κ2) is 7.87. The van der Waals surface area contributed by atoms with Crippen LogP contribution < -0.4 is 10.1 Å². The lowest BCUT2D eigenvalue weighted by atomic mass is 9.96. The summed E-state index contributed by atoms with van der Waals surface area (Å²) in [5.41, 5.74) is 3.09. The number of carbonyl (C=O) groups excluding carboxylic acids is 1. The number of amides is 1. The molecule has 2 aliphatic heterocycles. The van der Waals surface area contributed by atoms with E-state index in [1.165, 1.54) is 0 Å². The summed E-state index contributed by atoms with van der Waals surface area (Å²) in [5.74, 6) is 1.13. The minimum absolute atomic E-state index is 0.0609. The molecular formula is C21H24ClN3O2. The Bertz CT molecular complexity index is 820. The highest BCUT2D eigenvalue weighted by atomic mass is 35.5. The summed E-state index contributed by atoms with van der Waals surface area (Å²) >= 11 is 6.32. The fourth-order valence-electron chi connectivity index (χ4n) is 3.88. The third-order valence-corrected chi connectivity index (χ3v) is 5.67. The van der Waals surface area contributed by atoms with Crippen LogP contribution in [0.3, 0.4) is 0 Å². The molecule has 0 spiro atoms. The molecule has 6 heteroatoms. The Morgan fingerprint density at radius 2 is 2.04 bits per heavy atom. The molecule has 0 aliphatic carbocycles. The number of rotatable bonds is 4. The second-order valence-electron chi connectivity index (χ2n) is 7.44. The van der Waals surface area contributed by atoms with Crippen LogP contribution in [0.25, 0.3) is 11.1 Å². The van der Waals surface area contributed by atoms with Crippen molar-refractivity contribution in [1.29, 1.82) is 0 Å². The zero-order chi connectivity index (χ0) is 18.8. The van der Waals surface area contributed by atoms with E-state index in [1.54, 1.807) is 12.4 Å². The van der Waals surface area contributed by atoms with E-state index >= 15 is 0 Å². The number of ether oxygens (including phenoxy) is 1. The van der Waals surface area contributed by atoms with E-state index in [2.05, 4.69) is 22.2 Å². The first kappa shape index (κ1) is 18.3. The van der Waals surface area contributed by atoms with Crippen LogP contribution in [0.1, 0.15) is 18.4 Å². The van der Waals surface area contributed by atoms with Crippen LogP contribution in [0.5, 0.6) is 5.75 Å². The number of halogens is 1. The summed E-state index contributed by atoms with van der Waals surface area (Å²) in [6.07, 6.45) is 6.07. The number of hydrogen-bond donors (Lipinski definition) is 1. The van der Waals surface area contributed by atoms with Crippen molar-refractivity contribution in [1.82, 2.24) is 15.2 Å². The third-order valence-electron chi connectivity index (χ3n) is 5.45. The molecule has 142 valence electrons. The number of piperidine rings is 1. The van der Waals surface area contributed by atoms with Gasteiger partial charge in [0.05, 0.1) is 6.54 Å². The highest BCUT2D eigenvalue weighted by Crippen LogP contribution is 2.40. The normalized spacial score (nSPS) is 20.1. The summed E-state index contributed by atoms with van der Waals surface area (Å²) in [7, 11) is 2.10. The molecule has 1 saturated heterocycles. The summed E-state index contributed by atoms with van der Waals surface area (Å²) in [4.78, 5) is 18.8. The number of nitrogens with zero attached hydrogens (tertiary/aromatic N) is 2. The summed E-state index contributed by atoms with van der Waals surface area (Å²) < 4.78 is 6.20. The molecule has 3 heterocycles. The molecule has 1 N–H and O–H groups in total. The fraction of sp³-hybridized carbons (Fsp3) is 0.429. The average molecular weight is 386 g/mol. The number of carbonyl (C=O) groups is 1. The maximum absolute atomic E-state index is 12.5. The Kier molecular flexibility index (Phi) is 5.32. The maximum Gasteiger partial charge on any atom is 0.223 e. The van der Waals surface area contributed by atoms with Crippen LogP contribution in [0, 0.1) is 5.92 Å². The van der Waals surface area contributed by atoms with Gasteiger partial charge in [-0.05, 0) is 62.8 Å². The third kappa shape index (κ3) is 4.09. The number of fused-ring (bicyclic) bond motifs is 1. The standard InChI is InChI=1S/C21H24ClN3O2/c1-25-8-4-15(5-9-25)21(26)24-13-18-11-16-10-17(22)12-19(20(16)27-18)14-2-6-23-7-3-14/h2-3,6-7,10,12,15,18H,4-5,8-9,11,13H2,1H3,(H,24,26). The number of aromatic nitrogens is 1. The first-order chi connectivity index (χ1) is 13.1. The smallest absolute Gasteiger partial charge is 0.223 e. The second-order valence-corrected chi connectivity index (χ2v) is 7.88. The van der Waals surface area contributed by atoms with Crippen molar-refractivity contribution in [2.24, 2.45) is 5.92 Å². The molecular weight excluding hydrogens is 362 g/mol. The van der Waals surface area contributed by atoms with Gasteiger partial charge in [-0.25, -0.2) is 0 Å². The van der Waals surface area contributed by atoms with Crippen molar-refractivity contribution >= 4 is 17.5 Å². The molecule has 0 bridgehead atoms. The van der Waals surface area contributed by atoms with E-state index in [-0.39, 0.29) is 17.9 Å². The number of likely N-dealkylation sites (tertiary alicyclic amines) is 1. The number of nitrogens with one attached hydrogen (secondary N) is 1. The van der Waals surface area contributed by atoms with Crippen LogP contribution in [0.2, 0.25) is 5.02 Å². The van der Waals surface area contributed by atoms with Gasteiger partial charge in [-0.3, -0.25) is 9.78 Å². The predicted octanol–water partition coefficient (Wildman–Crippen LogP) is 3.16. The van der Waals surface area contributed by atoms with Crippen LogP contribution in [0.4, 0.5) is 0 Å². The molecule has 0 radical (unpaired) electrons. The topological polar surface area (TPSA) is 54.5 Å². The molecule has 1 unspecified atom stereocenters. The van der Waals surface area contributed by atoms with Crippen molar-refractivity contribution in [3.63, 3.8) is 0 Å². The van der Waals surface area contributed by atoms with Crippen molar-refractivity contribution in [2.45, 2.75) is 25.4 Å². The average Bonchev–Trinajstić information content (AvgIpc) is 3.09. The van der Waals surface area contributed by atoms with E-state index in [1.807, 2.05) is 24.3 Å². The maximum atomic E-state index is 12.5. The Morgan fingerprint density at radius 1 is 1.30 bits per heavy atom. The van der Waals surface area contributed by atoms with E-state index in [0.29, 0.717) is 11.6 Å². The quantitative estimate of drug-likeness (QED) is 0.878. The Hall–Kier alpha value is -2.11. The predicted molar refractivity (Wildman–Crippen MR) is 106 cm³/mol. The first-order valence-corrected chi connectivity index (χ1v) is 9.83. The van der Waals surface area contributed by atoms with Gasteiger partial charge in [0.25, 0.3) is 0 Å². The minimum atomic E-state index is -0.0609. The molecule has 1 atom stereocenters. The number of benzene rings is 1. The van der Waals surface area contributed by atoms with Crippen LogP contribution >= 0.6 is 11.6 Å². The molecule has 4 rings (SSSR count). The van der Waals surface area contributed by atoms with Crippen LogP contribution in [0.15, 0.2) is 36.7 Å². The molecule has 5 nitrogen and oxygen atoms in total. The molecule has 1 fully saturated rings. The largest absolute Gasteiger partial charge is 0.487 e. The van der Waals surface area contributed by atoms with Gasteiger partial charge in [0, 0.05) is 40.9 Å². The summed E-state index contributed by atoms with van der Waals surface area (Å²) in [6.45, 7) is 2.49. The van der Waals surface area contributed by atoms with Gasteiger partial charge >= 0.3 is 0 Å². The summed E-state index contributed by atoms with van der Waals surface area (Å²) in [6, 6.07) is 7.78. The molecule has 0 saturated carbocycles. The van der Waals surface area contributed by atoms with E-state index in [4.69, 9.17) is 16.3 Å². The molecule has 1 aromatic carbocycles. The van der Waals surface area contributed by atoms with Gasteiger partial charge < -0.3 is 15.0 Å². The number of hydrogen-bond acceptors (Lipinski definition) is 4. The molecule has 27 heavy (non-hydrogen) atoms. The lowest BCUT2D eigenvalue weighted by Crippen LogP contribution is -2.42. The summed E-state index contributed by atoms with van der Waals surface area (Å²) in [5, 5.41) is 3.79. The van der Waals surface area contributed by atoms with Gasteiger partial charge in [0.15, 0.2) is 0 Å². The van der Waals surface area contributed by atoms with Crippen molar-refractivity contribution < 1.29 is 9.53 Å². The fourth-order valence-corrected chi connectivity index (χ4v) is 4.12. The van der Waals surface area contributed by atoms with Crippen molar-refractivity contribution in [3.05, 3.63) is 47.2 Å². The van der Waals surface area contributed by atoms with Crippen LogP contribution in [-0.2, 0) is 11.2 Å². The van der Waals surface area contributed by atoms with Crippen molar-refractivity contribution in [3.8, 4) is 16.9 Å². The van der Waals surface area contributed by atoms with Gasteiger partial charge in [-0.15, -0.1) is 0 Å². The van der Waals surface area contributed by atoms with Gasteiger partial charge in [0.1, 0.15) is 11.9 Å². The Balaban J connectivity index is 1.42. The molecule has 2 aromatic rings. The Labute approximate surface area is 164 Å². The lowest BCUT2D eigenvalue weighted by Gasteiger charge is -2.28. The monoisotopic (exact) mass is 385 g/mol. The van der Waals surface area contributed by atoms with Gasteiger partial charge in [0.2, 0.25) is 5.91 Å². The highest BCUT2D eigenvalue weighted by Gasteiger charge is 2.29. The van der Waals surface area contributed by atoms with E-state index in [0.717, 1.165) is 54.8 Å². The molecule has 1 aromatic heterocycles. The highest BCUT2D eigenvalue weighted by molar-refractivity contribution is 6.31.